The normalized spacial score (nSPS) is 54.6. The average molecular weight is 270 g/mol. The molecule has 1 aliphatic heterocycles. The summed E-state index contributed by atoms with van der Waals surface area (Å²) in [6, 6.07) is 0. The summed E-state index contributed by atoms with van der Waals surface area (Å²) in [7, 11) is 0. The molecule has 110 valence electrons. The summed E-state index contributed by atoms with van der Waals surface area (Å²) in [6.07, 6.45) is 1.72. The first-order valence-corrected chi connectivity index (χ1v) is 7.72. The molecule has 3 fully saturated rings. The number of aliphatic hydroxyl groups excluding tert-OH is 2. The Morgan fingerprint density at radius 1 is 0.947 bits per heavy atom. The van der Waals surface area contributed by atoms with E-state index in [-0.39, 0.29) is 29.3 Å². The van der Waals surface area contributed by atoms with Gasteiger partial charge >= 0.3 is 0 Å². The van der Waals surface area contributed by atoms with Crippen molar-refractivity contribution in [2.45, 2.75) is 70.1 Å². The smallest absolute Gasteiger partial charge is 0.169 e. The Labute approximate surface area is 114 Å². The third-order valence-electron chi connectivity index (χ3n) is 6.29. The predicted octanol–water partition coefficient (Wildman–Crippen LogP) is 1.28. The second-order valence-electron chi connectivity index (χ2n) is 6.67. The molecule has 4 heteroatoms. The summed E-state index contributed by atoms with van der Waals surface area (Å²) in [5.74, 6) is -0.922. The molecule has 1 saturated heterocycles. The van der Waals surface area contributed by atoms with Crippen molar-refractivity contribution < 1.29 is 20.1 Å². The van der Waals surface area contributed by atoms with Gasteiger partial charge in [0.2, 0.25) is 0 Å². The molecule has 0 radical (unpaired) electrons. The molecule has 19 heavy (non-hydrogen) atoms. The van der Waals surface area contributed by atoms with Crippen LogP contribution in [-0.4, -0.2) is 38.9 Å². The first-order valence-electron chi connectivity index (χ1n) is 7.72. The van der Waals surface area contributed by atoms with Gasteiger partial charge in [-0.15, -0.1) is 0 Å². The van der Waals surface area contributed by atoms with Crippen LogP contribution in [0.3, 0.4) is 0 Å². The minimum atomic E-state index is -1.13. The summed E-state index contributed by atoms with van der Waals surface area (Å²) in [5.41, 5.74) is -0.337. The van der Waals surface area contributed by atoms with Crippen molar-refractivity contribution in [2.75, 3.05) is 0 Å². The van der Waals surface area contributed by atoms with Crippen LogP contribution in [0.4, 0.5) is 0 Å². The second-order valence-corrected chi connectivity index (χ2v) is 6.67. The highest BCUT2D eigenvalue weighted by Gasteiger charge is 2.72. The number of rotatable bonds is 3. The first-order chi connectivity index (χ1) is 8.94. The van der Waals surface area contributed by atoms with Gasteiger partial charge in [-0.1, -0.05) is 20.8 Å². The van der Waals surface area contributed by atoms with E-state index in [0.29, 0.717) is 6.42 Å². The first kappa shape index (κ1) is 13.8. The van der Waals surface area contributed by atoms with E-state index in [2.05, 4.69) is 13.8 Å². The minimum absolute atomic E-state index is 0.0186. The summed E-state index contributed by atoms with van der Waals surface area (Å²) >= 11 is 0. The molecule has 2 bridgehead atoms. The van der Waals surface area contributed by atoms with Gasteiger partial charge in [-0.05, 0) is 37.5 Å². The van der Waals surface area contributed by atoms with Crippen molar-refractivity contribution in [3.05, 3.63) is 0 Å². The zero-order chi connectivity index (χ0) is 14.0. The van der Waals surface area contributed by atoms with Crippen molar-refractivity contribution in [1.82, 2.24) is 0 Å². The van der Waals surface area contributed by atoms with Crippen molar-refractivity contribution >= 4 is 0 Å². The van der Waals surface area contributed by atoms with E-state index in [4.69, 9.17) is 4.74 Å². The van der Waals surface area contributed by atoms with E-state index >= 15 is 0 Å². The van der Waals surface area contributed by atoms with Crippen molar-refractivity contribution in [2.24, 2.45) is 23.7 Å². The minimum Gasteiger partial charge on any atom is -0.390 e. The third kappa shape index (κ3) is 1.49. The van der Waals surface area contributed by atoms with E-state index in [1.54, 1.807) is 0 Å². The van der Waals surface area contributed by atoms with E-state index in [9.17, 15) is 15.3 Å². The van der Waals surface area contributed by atoms with Crippen LogP contribution < -0.4 is 0 Å². The predicted molar refractivity (Wildman–Crippen MR) is 70.2 cm³/mol. The Balaban J connectivity index is 2.04. The van der Waals surface area contributed by atoms with Gasteiger partial charge < -0.3 is 20.1 Å². The molecule has 0 aromatic heterocycles. The maximum atomic E-state index is 10.9. The lowest BCUT2D eigenvalue weighted by Crippen LogP contribution is -2.49. The van der Waals surface area contributed by atoms with Gasteiger partial charge in [0.1, 0.15) is 0 Å². The highest BCUT2D eigenvalue weighted by atomic mass is 16.6. The molecule has 1 unspecified atom stereocenters. The van der Waals surface area contributed by atoms with E-state index in [1.807, 2.05) is 6.92 Å². The van der Waals surface area contributed by atoms with E-state index < -0.39 is 18.0 Å². The van der Waals surface area contributed by atoms with E-state index in [1.165, 1.54) is 0 Å². The molecular formula is C15H26O4. The lowest BCUT2D eigenvalue weighted by atomic mass is 9.66. The number of ether oxygens (including phenoxy) is 1. The SMILES string of the molecule is CCC1(O)OC(CC)(CC)[C@H]2[C@@H]3C[C@@H]([C@H](O)[C@@H]3O)[C@H]21. The lowest BCUT2D eigenvalue weighted by Gasteiger charge is -2.39. The number of hydrogen-bond acceptors (Lipinski definition) is 4. The summed E-state index contributed by atoms with van der Waals surface area (Å²) in [5, 5.41) is 31.3. The second kappa shape index (κ2) is 4.17. The maximum Gasteiger partial charge on any atom is 0.169 e. The summed E-state index contributed by atoms with van der Waals surface area (Å²) in [6.45, 7) is 6.13. The van der Waals surface area contributed by atoms with Crippen LogP contribution >= 0.6 is 0 Å². The Hall–Kier alpha value is -0.160. The van der Waals surface area contributed by atoms with Gasteiger partial charge in [0.15, 0.2) is 5.79 Å². The van der Waals surface area contributed by atoms with Gasteiger partial charge in [0, 0.05) is 11.8 Å². The Bertz CT molecular complexity index is 367. The van der Waals surface area contributed by atoms with Crippen LogP contribution in [0.2, 0.25) is 0 Å². The number of fused-ring (bicyclic) bond motifs is 5. The zero-order valence-corrected chi connectivity index (χ0v) is 12.0. The summed E-state index contributed by atoms with van der Waals surface area (Å²) in [4.78, 5) is 0. The lowest BCUT2D eigenvalue weighted by molar-refractivity contribution is -0.249. The molecule has 3 N–H and O–H groups in total. The van der Waals surface area contributed by atoms with Gasteiger partial charge in [-0.3, -0.25) is 0 Å². The Morgan fingerprint density at radius 3 is 1.95 bits per heavy atom. The van der Waals surface area contributed by atoms with E-state index in [0.717, 1.165) is 19.3 Å². The maximum absolute atomic E-state index is 10.9. The van der Waals surface area contributed by atoms with Crippen molar-refractivity contribution in [1.29, 1.82) is 0 Å². The third-order valence-corrected chi connectivity index (χ3v) is 6.29. The molecule has 0 amide bonds. The molecule has 3 aliphatic rings. The molecule has 2 saturated carbocycles. The largest absolute Gasteiger partial charge is 0.390 e. The fraction of sp³-hybridized carbons (Fsp3) is 1.00. The fourth-order valence-electron chi connectivity index (χ4n) is 5.34. The van der Waals surface area contributed by atoms with Gasteiger partial charge in [0.05, 0.1) is 17.8 Å². The quantitative estimate of drug-likeness (QED) is 0.722. The average Bonchev–Trinajstić information content (AvgIpc) is 3.02. The molecule has 0 aromatic carbocycles. The highest BCUT2D eigenvalue weighted by Crippen LogP contribution is 2.66. The Kier molecular flexibility index (Phi) is 3.03. The molecule has 4 nitrogen and oxygen atoms in total. The van der Waals surface area contributed by atoms with Crippen LogP contribution in [0.25, 0.3) is 0 Å². The fourth-order valence-corrected chi connectivity index (χ4v) is 5.34. The standard InChI is InChI=1S/C15H26O4/c1-4-14(5-2)10-8-7-9(13(17)12(8)16)11(10)15(18,6-3)19-14/h8-13,16-18H,4-7H2,1-3H3/t8-,9+,10-,11+,12+,13-,15?/m0/s1. The summed E-state index contributed by atoms with van der Waals surface area (Å²) < 4.78 is 6.16. The molecule has 2 aliphatic carbocycles. The molecule has 0 spiro atoms. The van der Waals surface area contributed by atoms with Crippen molar-refractivity contribution in [3.8, 4) is 0 Å². The number of hydrogen-bond donors (Lipinski definition) is 3. The zero-order valence-electron chi connectivity index (χ0n) is 12.0. The van der Waals surface area contributed by atoms with Crippen LogP contribution in [0.15, 0.2) is 0 Å². The molecule has 1 heterocycles. The highest BCUT2D eigenvalue weighted by molar-refractivity contribution is 5.17. The van der Waals surface area contributed by atoms with Crippen molar-refractivity contribution in [3.63, 3.8) is 0 Å². The Morgan fingerprint density at radius 2 is 1.47 bits per heavy atom. The topological polar surface area (TPSA) is 69.9 Å². The van der Waals surface area contributed by atoms with Crippen LogP contribution in [0, 0.1) is 23.7 Å². The van der Waals surface area contributed by atoms with Crippen LogP contribution in [0.5, 0.6) is 0 Å². The molecular weight excluding hydrogens is 244 g/mol. The van der Waals surface area contributed by atoms with Gasteiger partial charge in [-0.2, -0.15) is 0 Å². The molecule has 0 aromatic rings. The molecule has 7 atom stereocenters. The number of aliphatic hydroxyl groups is 3. The van der Waals surface area contributed by atoms with Gasteiger partial charge in [-0.25, -0.2) is 0 Å². The monoisotopic (exact) mass is 270 g/mol. The van der Waals surface area contributed by atoms with Gasteiger partial charge in [0.25, 0.3) is 0 Å². The van der Waals surface area contributed by atoms with Crippen LogP contribution in [-0.2, 0) is 4.74 Å². The van der Waals surface area contributed by atoms with Crippen LogP contribution in [0.1, 0.15) is 46.5 Å². The molecule has 3 rings (SSSR count).